The zero-order chi connectivity index (χ0) is 12.9. The Morgan fingerprint density at radius 1 is 1.29 bits per heavy atom. The van der Waals surface area contributed by atoms with E-state index in [2.05, 4.69) is 6.92 Å². The third-order valence-corrected chi connectivity index (χ3v) is 4.14. The number of amides is 1. The fourth-order valence-corrected chi connectivity index (χ4v) is 2.99. The van der Waals surface area contributed by atoms with E-state index in [1.165, 1.54) is 6.42 Å². The normalized spacial score (nSPS) is 18.7. The molecule has 1 rings (SSSR count). The van der Waals surface area contributed by atoms with Gasteiger partial charge < -0.3 is 10.6 Å². The smallest absolute Gasteiger partial charge is 0.235 e. The Balaban J connectivity index is 2.89. The van der Waals surface area contributed by atoms with Crippen molar-refractivity contribution in [1.29, 1.82) is 0 Å². The molecule has 0 heterocycles. The summed E-state index contributed by atoms with van der Waals surface area (Å²) in [7, 11) is 0. The van der Waals surface area contributed by atoms with Gasteiger partial charge in [-0.15, -0.1) is 0 Å². The Kier molecular flexibility index (Phi) is 5.37. The minimum Gasteiger partial charge on any atom is -0.392 e. The summed E-state index contributed by atoms with van der Waals surface area (Å²) in [6, 6.07) is 0. The van der Waals surface area contributed by atoms with E-state index in [1.54, 1.807) is 0 Å². The molecular formula is C13H24N2OS. The number of thiocarbonyl (C=S) groups is 1. The largest absolute Gasteiger partial charge is 0.392 e. The molecule has 0 atom stereocenters. The molecule has 98 valence electrons. The molecule has 1 aliphatic rings. The molecule has 0 unspecified atom stereocenters. The monoisotopic (exact) mass is 256 g/mol. The van der Waals surface area contributed by atoms with E-state index in [0.29, 0.717) is 4.99 Å². The molecule has 0 aromatic carbocycles. The van der Waals surface area contributed by atoms with Gasteiger partial charge >= 0.3 is 0 Å². The predicted octanol–water partition coefficient (Wildman–Crippen LogP) is 2.48. The summed E-state index contributed by atoms with van der Waals surface area (Å²) in [4.78, 5) is 14.9. The number of nitrogens with zero attached hydrogens (tertiary/aromatic N) is 1. The van der Waals surface area contributed by atoms with Gasteiger partial charge in [0.1, 0.15) is 0 Å². The Morgan fingerprint density at radius 2 is 1.88 bits per heavy atom. The Bertz CT molecular complexity index is 285. The molecule has 0 aliphatic heterocycles. The summed E-state index contributed by atoms with van der Waals surface area (Å²) in [5, 5.41) is 0. The lowest BCUT2D eigenvalue weighted by molar-refractivity contribution is -0.139. The molecule has 0 radical (unpaired) electrons. The van der Waals surface area contributed by atoms with Crippen LogP contribution in [0.15, 0.2) is 0 Å². The third kappa shape index (κ3) is 2.97. The number of hydrogen-bond acceptors (Lipinski definition) is 2. The minimum atomic E-state index is -0.543. The van der Waals surface area contributed by atoms with Crippen LogP contribution < -0.4 is 5.73 Å². The topological polar surface area (TPSA) is 46.3 Å². The lowest BCUT2D eigenvalue weighted by Gasteiger charge is -2.38. The summed E-state index contributed by atoms with van der Waals surface area (Å²) in [5.74, 6) is 0.161. The summed E-state index contributed by atoms with van der Waals surface area (Å²) in [6.07, 6.45) is 5.97. The van der Waals surface area contributed by atoms with Gasteiger partial charge in [-0.25, -0.2) is 0 Å². The van der Waals surface area contributed by atoms with Crippen LogP contribution in [0.1, 0.15) is 52.4 Å². The van der Waals surface area contributed by atoms with E-state index < -0.39 is 5.41 Å². The number of carbonyl (C=O) groups excluding carboxylic acids is 1. The van der Waals surface area contributed by atoms with Gasteiger partial charge in [0.25, 0.3) is 0 Å². The molecule has 0 aromatic heterocycles. The first-order chi connectivity index (χ1) is 8.08. The van der Waals surface area contributed by atoms with Crippen molar-refractivity contribution in [2.45, 2.75) is 52.4 Å². The van der Waals surface area contributed by atoms with Gasteiger partial charge in [0, 0.05) is 13.1 Å². The molecule has 3 nitrogen and oxygen atoms in total. The summed E-state index contributed by atoms with van der Waals surface area (Å²) in [5.41, 5.74) is 5.33. The first-order valence-electron chi connectivity index (χ1n) is 6.67. The SMILES string of the molecule is CCCN(CC)C(=O)C1(C(N)=S)CCCCC1. The lowest BCUT2D eigenvalue weighted by atomic mass is 9.73. The van der Waals surface area contributed by atoms with Gasteiger partial charge in [-0.3, -0.25) is 4.79 Å². The number of hydrogen-bond donors (Lipinski definition) is 1. The standard InChI is InChI=1S/C13H24N2OS/c1-3-10-15(4-2)12(16)13(11(14)17)8-6-5-7-9-13/h3-10H2,1-2H3,(H2,14,17). The molecular weight excluding hydrogens is 232 g/mol. The van der Waals surface area contributed by atoms with Crippen LogP contribution in [0, 0.1) is 5.41 Å². The van der Waals surface area contributed by atoms with E-state index in [1.807, 2.05) is 11.8 Å². The van der Waals surface area contributed by atoms with Gasteiger partial charge in [-0.05, 0) is 26.2 Å². The van der Waals surface area contributed by atoms with Crippen LogP contribution in [0.25, 0.3) is 0 Å². The van der Waals surface area contributed by atoms with Crippen molar-refractivity contribution in [1.82, 2.24) is 4.90 Å². The van der Waals surface area contributed by atoms with Crippen LogP contribution in [0.3, 0.4) is 0 Å². The molecule has 1 aliphatic carbocycles. The molecule has 1 saturated carbocycles. The molecule has 17 heavy (non-hydrogen) atoms. The second-order valence-electron chi connectivity index (χ2n) is 4.89. The Hall–Kier alpha value is -0.640. The van der Waals surface area contributed by atoms with Gasteiger partial charge in [-0.2, -0.15) is 0 Å². The maximum absolute atomic E-state index is 12.6. The van der Waals surface area contributed by atoms with Gasteiger partial charge in [0.2, 0.25) is 5.91 Å². The zero-order valence-electron chi connectivity index (χ0n) is 11.0. The second kappa shape index (κ2) is 6.34. The molecule has 1 fully saturated rings. The number of carbonyl (C=O) groups is 1. The van der Waals surface area contributed by atoms with Crippen LogP contribution in [0.2, 0.25) is 0 Å². The fraction of sp³-hybridized carbons (Fsp3) is 0.846. The quantitative estimate of drug-likeness (QED) is 0.769. The molecule has 0 bridgehead atoms. The zero-order valence-corrected chi connectivity index (χ0v) is 11.8. The maximum atomic E-state index is 12.6. The molecule has 0 spiro atoms. The van der Waals surface area contributed by atoms with E-state index in [0.717, 1.165) is 45.2 Å². The van der Waals surface area contributed by atoms with Crippen LogP contribution >= 0.6 is 12.2 Å². The Morgan fingerprint density at radius 3 is 2.29 bits per heavy atom. The maximum Gasteiger partial charge on any atom is 0.235 e. The van der Waals surface area contributed by atoms with Crippen molar-refractivity contribution in [3.8, 4) is 0 Å². The molecule has 0 aromatic rings. The van der Waals surface area contributed by atoms with Crippen molar-refractivity contribution in [3.05, 3.63) is 0 Å². The minimum absolute atomic E-state index is 0.161. The van der Waals surface area contributed by atoms with Gasteiger partial charge in [-0.1, -0.05) is 38.4 Å². The first kappa shape index (κ1) is 14.4. The average Bonchev–Trinajstić information content (AvgIpc) is 2.35. The van der Waals surface area contributed by atoms with Crippen LogP contribution in [-0.4, -0.2) is 28.9 Å². The van der Waals surface area contributed by atoms with Gasteiger partial charge in [0.15, 0.2) is 0 Å². The number of rotatable bonds is 5. The van der Waals surface area contributed by atoms with Crippen LogP contribution in [-0.2, 0) is 4.79 Å². The van der Waals surface area contributed by atoms with E-state index >= 15 is 0 Å². The van der Waals surface area contributed by atoms with Crippen molar-refractivity contribution < 1.29 is 4.79 Å². The molecule has 0 saturated heterocycles. The summed E-state index contributed by atoms with van der Waals surface area (Å²) < 4.78 is 0. The van der Waals surface area contributed by atoms with Crippen LogP contribution in [0.4, 0.5) is 0 Å². The van der Waals surface area contributed by atoms with Crippen molar-refractivity contribution in [2.75, 3.05) is 13.1 Å². The summed E-state index contributed by atoms with van der Waals surface area (Å²) >= 11 is 5.19. The highest BCUT2D eigenvalue weighted by Gasteiger charge is 2.44. The van der Waals surface area contributed by atoms with E-state index in [4.69, 9.17) is 18.0 Å². The number of nitrogens with two attached hydrogens (primary N) is 1. The van der Waals surface area contributed by atoms with Crippen molar-refractivity contribution >= 4 is 23.1 Å². The van der Waals surface area contributed by atoms with Crippen molar-refractivity contribution in [2.24, 2.45) is 11.1 Å². The average molecular weight is 256 g/mol. The lowest BCUT2D eigenvalue weighted by Crippen LogP contribution is -2.51. The Labute approximate surface area is 110 Å². The summed E-state index contributed by atoms with van der Waals surface area (Å²) in [6.45, 7) is 5.66. The molecule has 2 N–H and O–H groups in total. The van der Waals surface area contributed by atoms with E-state index in [-0.39, 0.29) is 5.91 Å². The fourth-order valence-electron chi connectivity index (χ4n) is 2.70. The van der Waals surface area contributed by atoms with Crippen LogP contribution in [0.5, 0.6) is 0 Å². The van der Waals surface area contributed by atoms with E-state index in [9.17, 15) is 4.79 Å². The molecule has 1 amide bonds. The highest BCUT2D eigenvalue weighted by Crippen LogP contribution is 2.38. The highest BCUT2D eigenvalue weighted by atomic mass is 32.1. The first-order valence-corrected chi connectivity index (χ1v) is 7.08. The second-order valence-corrected chi connectivity index (χ2v) is 5.33. The van der Waals surface area contributed by atoms with Crippen molar-refractivity contribution in [3.63, 3.8) is 0 Å². The highest BCUT2D eigenvalue weighted by molar-refractivity contribution is 7.80. The predicted molar refractivity (Wildman–Crippen MR) is 74.8 cm³/mol. The third-order valence-electron chi connectivity index (χ3n) is 3.75. The van der Waals surface area contributed by atoms with Gasteiger partial charge in [0.05, 0.1) is 10.4 Å². The molecule has 4 heteroatoms.